The second-order valence-electron chi connectivity index (χ2n) is 9.49. The molecule has 0 fully saturated rings. The van der Waals surface area contributed by atoms with E-state index in [1.807, 2.05) is 86.6 Å². The summed E-state index contributed by atoms with van der Waals surface area (Å²) < 4.78 is 11.4. The molecule has 1 N–H and O–H groups in total. The van der Waals surface area contributed by atoms with E-state index in [0.29, 0.717) is 30.6 Å². The lowest BCUT2D eigenvalue weighted by Gasteiger charge is -2.36. The number of Topliss-reactive ketones (excluding diaryl/α,β-unsaturated/α-hetero) is 1. The van der Waals surface area contributed by atoms with Gasteiger partial charge >= 0.3 is 5.97 Å². The third kappa shape index (κ3) is 5.21. The van der Waals surface area contributed by atoms with Crippen LogP contribution in [-0.4, -0.2) is 18.4 Å². The van der Waals surface area contributed by atoms with E-state index in [2.05, 4.69) is 17.4 Å². The summed E-state index contributed by atoms with van der Waals surface area (Å²) in [5, 5.41) is 3.42. The van der Waals surface area contributed by atoms with Crippen molar-refractivity contribution in [2.45, 2.75) is 45.1 Å². The van der Waals surface area contributed by atoms with Crippen LogP contribution in [0.3, 0.4) is 0 Å². The van der Waals surface area contributed by atoms with E-state index < -0.39 is 11.9 Å². The second-order valence-corrected chi connectivity index (χ2v) is 9.49. The van der Waals surface area contributed by atoms with Gasteiger partial charge in [-0.3, -0.25) is 4.79 Å². The smallest absolute Gasteiger partial charge is 0.337 e. The van der Waals surface area contributed by atoms with Crippen LogP contribution in [0.1, 0.15) is 55.2 Å². The molecule has 1 heterocycles. The molecule has 0 saturated carbocycles. The molecule has 0 saturated heterocycles. The fourth-order valence-corrected chi connectivity index (χ4v) is 5.33. The summed E-state index contributed by atoms with van der Waals surface area (Å²) >= 11 is 0. The highest BCUT2D eigenvalue weighted by molar-refractivity contribution is 6.04. The van der Waals surface area contributed by atoms with E-state index in [1.165, 1.54) is 0 Å². The van der Waals surface area contributed by atoms with Crippen molar-refractivity contribution in [2.24, 2.45) is 0 Å². The highest BCUT2D eigenvalue weighted by atomic mass is 16.5. The maximum absolute atomic E-state index is 13.7. The number of ketones is 1. The summed E-state index contributed by atoms with van der Waals surface area (Å²) in [6.45, 7) is 4.56. The van der Waals surface area contributed by atoms with Crippen molar-refractivity contribution >= 4 is 11.8 Å². The average Bonchev–Trinajstić information content (AvgIpc) is 2.92. The number of ether oxygens (including phenoxy) is 2. The minimum Gasteiger partial charge on any atom is -0.494 e. The van der Waals surface area contributed by atoms with Crippen LogP contribution in [0.2, 0.25) is 0 Å². The van der Waals surface area contributed by atoms with Crippen LogP contribution in [0.5, 0.6) is 5.75 Å². The molecule has 1 aliphatic carbocycles. The van der Waals surface area contributed by atoms with Gasteiger partial charge in [0.15, 0.2) is 5.78 Å². The molecule has 2 atom stereocenters. The molecular formula is C32H31NO4. The monoisotopic (exact) mass is 493 g/mol. The first-order chi connectivity index (χ1) is 18.0. The third-order valence-corrected chi connectivity index (χ3v) is 7.06. The van der Waals surface area contributed by atoms with Crippen molar-refractivity contribution in [1.29, 1.82) is 0 Å². The summed E-state index contributed by atoms with van der Waals surface area (Å²) in [6.07, 6.45) is 1.12. The molecule has 5 nitrogen and oxygen atoms in total. The number of hydrogen-bond donors (Lipinski definition) is 1. The van der Waals surface area contributed by atoms with Gasteiger partial charge in [0, 0.05) is 29.3 Å². The quantitative estimate of drug-likeness (QED) is 0.398. The zero-order valence-electron chi connectivity index (χ0n) is 21.2. The fraction of sp³-hybridized carbons (Fsp3) is 0.250. The molecule has 0 aromatic heterocycles. The first-order valence-corrected chi connectivity index (χ1v) is 12.8. The number of allylic oxidation sites excluding steroid dienone is 3. The molecule has 3 aromatic rings. The molecule has 0 amide bonds. The lowest BCUT2D eigenvalue weighted by molar-refractivity contribution is -0.140. The van der Waals surface area contributed by atoms with Gasteiger partial charge in [-0.05, 0) is 55.0 Å². The third-order valence-electron chi connectivity index (χ3n) is 7.06. The summed E-state index contributed by atoms with van der Waals surface area (Å²) in [5.41, 5.74) is 5.68. The predicted molar refractivity (Wildman–Crippen MR) is 143 cm³/mol. The number of nitrogens with one attached hydrogen (secondary N) is 1. The van der Waals surface area contributed by atoms with Crippen LogP contribution in [0.4, 0.5) is 0 Å². The van der Waals surface area contributed by atoms with Gasteiger partial charge in [0.05, 0.1) is 12.2 Å². The van der Waals surface area contributed by atoms with Gasteiger partial charge in [-0.2, -0.15) is 0 Å². The molecule has 3 aromatic carbocycles. The Kier molecular flexibility index (Phi) is 7.22. The molecule has 37 heavy (non-hydrogen) atoms. The van der Waals surface area contributed by atoms with Crippen LogP contribution < -0.4 is 10.1 Å². The van der Waals surface area contributed by atoms with Crippen LogP contribution in [0.25, 0.3) is 0 Å². The summed E-state index contributed by atoms with van der Waals surface area (Å²) in [4.78, 5) is 27.2. The summed E-state index contributed by atoms with van der Waals surface area (Å²) in [7, 11) is 0. The van der Waals surface area contributed by atoms with Crippen molar-refractivity contribution < 1.29 is 19.1 Å². The van der Waals surface area contributed by atoms with Gasteiger partial charge in [0.1, 0.15) is 12.4 Å². The molecule has 0 spiro atoms. The number of carbonyl (C=O) groups is 2. The average molecular weight is 494 g/mol. The van der Waals surface area contributed by atoms with Gasteiger partial charge in [0.2, 0.25) is 0 Å². The molecule has 5 rings (SSSR count). The van der Waals surface area contributed by atoms with Gasteiger partial charge in [-0.1, -0.05) is 72.8 Å². The van der Waals surface area contributed by atoms with Gasteiger partial charge in [-0.15, -0.1) is 0 Å². The van der Waals surface area contributed by atoms with Gasteiger partial charge in [0.25, 0.3) is 0 Å². The lowest BCUT2D eigenvalue weighted by atomic mass is 9.72. The minimum absolute atomic E-state index is 0.0577. The Morgan fingerprint density at radius 2 is 1.57 bits per heavy atom. The fourth-order valence-electron chi connectivity index (χ4n) is 5.33. The molecule has 0 bridgehead atoms. The lowest BCUT2D eigenvalue weighted by Crippen LogP contribution is -2.36. The van der Waals surface area contributed by atoms with Crippen LogP contribution in [0.15, 0.2) is 107 Å². The number of esters is 1. The highest BCUT2D eigenvalue weighted by Gasteiger charge is 2.41. The molecule has 1 aliphatic heterocycles. The predicted octanol–water partition coefficient (Wildman–Crippen LogP) is 6.19. The normalized spacial score (nSPS) is 19.2. The van der Waals surface area contributed by atoms with Crippen LogP contribution >= 0.6 is 0 Å². The SMILES string of the molecule is CCOc1ccc(C2C(C(=O)OCc3ccccc3)=C(C)NC3=C2C(=O)CC(c2ccccc2)C3)cc1. The van der Waals surface area contributed by atoms with E-state index >= 15 is 0 Å². The maximum atomic E-state index is 13.7. The van der Waals surface area contributed by atoms with E-state index in [1.54, 1.807) is 0 Å². The Morgan fingerprint density at radius 1 is 0.892 bits per heavy atom. The van der Waals surface area contributed by atoms with Crippen molar-refractivity contribution in [2.75, 3.05) is 6.61 Å². The topological polar surface area (TPSA) is 64.6 Å². The van der Waals surface area contributed by atoms with E-state index in [0.717, 1.165) is 33.8 Å². The molecule has 2 unspecified atom stereocenters. The maximum Gasteiger partial charge on any atom is 0.337 e. The number of rotatable bonds is 7. The zero-order chi connectivity index (χ0) is 25.8. The number of hydrogen-bond acceptors (Lipinski definition) is 5. The molecular weight excluding hydrogens is 462 g/mol. The van der Waals surface area contributed by atoms with E-state index in [9.17, 15) is 9.59 Å². The Morgan fingerprint density at radius 3 is 2.24 bits per heavy atom. The molecule has 5 heteroatoms. The van der Waals surface area contributed by atoms with E-state index in [4.69, 9.17) is 9.47 Å². The van der Waals surface area contributed by atoms with E-state index in [-0.39, 0.29) is 18.3 Å². The first kappa shape index (κ1) is 24.6. The Hall–Kier alpha value is -4.12. The molecule has 0 radical (unpaired) electrons. The molecule has 2 aliphatic rings. The van der Waals surface area contributed by atoms with Gasteiger partial charge < -0.3 is 14.8 Å². The molecule has 188 valence electrons. The van der Waals surface area contributed by atoms with Crippen LogP contribution in [0, 0.1) is 0 Å². The minimum atomic E-state index is -0.501. The Bertz CT molecular complexity index is 1340. The van der Waals surface area contributed by atoms with Crippen molar-refractivity contribution in [3.63, 3.8) is 0 Å². The van der Waals surface area contributed by atoms with Gasteiger partial charge in [-0.25, -0.2) is 4.79 Å². The standard InChI is InChI=1S/C32H31NO4/c1-3-36-26-16-14-24(15-17-26)30-29(32(35)37-20-22-10-6-4-7-11-22)21(2)33-27-18-25(19-28(34)31(27)30)23-12-8-5-9-13-23/h4-17,25,30,33H,3,18-20H2,1-2H3. The Labute approximate surface area is 217 Å². The van der Waals surface area contributed by atoms with Crippen molar-refractivity contribution in [3.05, 3.63) is 124 Å². The summed E-state index contributed by atoms with van der Waals surface area (Å²) in [5.74, 6) is -0.0123. The second kappa shape index (κ2) is 10.9. The first-order valence-electron chi connectivity index (χ1n) is 12.8. The van der Waals surface area contributed by atoms with Crippen molar-refractivity contribution in [1.82, 2.24) is 5.32 Å². The number of carbonyl (C=O) groups excluding carboxylic acids is 2. The van der Waals surface area contributed by atoms with Crippen LogP contribution in [-0.2, 0) is 20.9 Å². The zero-order valence-corrected chi connectivity index (χ0v) is 21.2. The van der Waals surface area contributed by atoms with Crippen molar-refractivity contribution in [3.8, 4) is 5.75 Å². The highest BCUT2D eigenvalue weighted by Crippen LogP contribution is 2.46. The summed E-state index contributed by atoms with van der Waals surface area (Å²) in [6, 6.07) is 27.4. The number of dihydropyridines is 1. The largest absolute Gasteiger partial charge is 0.494 e. The Balaban J connectivity index is 1.51. The number of benzene rings is 3.